The number of nitrogens with zero attached hydrogens (tertiary/aromatic N) is 2. The number of carbonyl (C=O) groups excluding carboxylic acids is 1. The number of amides is 1. The van der Waals surface area contributed by atoms with Gasteiger partial charge in [-0.25, -0.2) is 4.39 Å². The van der Waals surface area contributed by atoms with Gasteiger partial charge in [0.1, 0.15) is 5.82 Å². The number of hydrogen-bond acceptors (Lipinski definition) is 3. The third kappa shape index (κ3) is 2.43. The Morgan fingerprint density at radius 2 is 2.17 bits per heavy atom. The van der Waals surface area contributed by atoms with Crippen LogP contribution in [0.15, 0.2) is 33.3 Å². The lowest BCUT2D eigenvalue weighted by Gasteiger charge is -2.16. The first-order chi connectivity index (χ1) is 8.49. The minimum atomic E-state index is -0.489. The molecule has 0 N–H and O–H groups in total. The first-order valence-electron chi connectivity index (χ1n) is 5.15. The zero-order valence-corrected chi connectivity index (χ0v) is 11.4. The zero-order chi connectivity index (χ0) is 13.3. The van der Waals surface area contributed by atoms with Crippen molar-refractivity contribution in [1.29, 1.82) is 0 Å². The molecular formula is C12H10BrFN2O2. The molecule has 0 fully saturated rings. The van der Waals surface area contributed by atoms with Crippen LogP contribution >= 0.6 is 15.9 Å². The van der Waals surface area contributed by atoms with Crippen LogP contribution in [0.4, 0.5) is 10.1 Å². The number of aromatic nitrogens is 1. The lowest BCUT2D eigenvalue weighted by molar-refractivity contribution is 0.0956. The molecule has 0 aliphatic rings. The second-order valence-electron chi connectivity index (χ2n) is 3.79. The van der Waals surface area contributed by atoms with Gasteiger partial charge in [0.2, 0.25) is 5.76 Å². The quantitative estimate of drug-likeness (QED) is 0.855. The van der Waals surface area contributed by atoms with Gasteiger partial charge in [0.15, 0.2) is 0 Å². The van der Waals surface area contributed by atoms with Crippen molar-refractivity contribution in [2.75, 3.05) is 11.9 Å². The second kappa shape index (κ2) is 4.89. The normalized spacial score (nSPS) is 10.4. The lowest BCUT2D eigenvalue weighted by Crippen LogP contribution is -2.26. The van der Waals surface area contributed by atoms with Gasteiger partial charge in [-0.1, -0.05) is 21.1 Å². The van der Waals surface area contributed by atoms with Crippen molar-refractivity contribution < 1.29 is 13.7 Å². The molecule has 1 aromatic carbocycles. The molecule has 1 aromatic heterocycles. The van der Waals surface area contributed by atoms with Gasteiger partial charge in [0, 0.05) is 17.6 Å². The number of rotatable bonds is 2. The molecule has 0 bridgehead atoms. The summed E-state index contributed by atoms with van der Waals surface area (Å²) in [6, 6.07) is 5.98. The van der Waals surface area contributed by atoms with Crippen molar-refractivity contribution in [2.24, 2.45) is 0 Å². The summed E-state index contributed by atoms with van der Waals surface area (Å²) in [5.41, 5.74) is 0.778. The van der Waals surface area contributed by atoms with E-state index in [0.29, 0.717) is 10.2 Å². The van der Waals surface area contributed by atoms with Crippen molar-refractivity contribution in [3.05, 3.63) is 46.0 Å². The number of hydrogen-bond donors (Lipinski definition) is 0. The Labute approximate surface area is 112 Å². The van der Waals surface area contributed by atoms with E-state index in [0.717, 1.165) is 0 Å². The first kappa shape index (κ1) is 12.8. The van der Waals surface area contributed by atoms with Gasteiger partial charge < -0.3 is 9.42 Å². The van der Waals surface area contributed by atoms with Gasteiger partial charge in [-0.05, 0) is 25.1 Å². The molecule has 0 saturated carbocycles. The molecule has 2 aromatic rings. The Bertz CT molecular complexity index is 598. The summed E-state index contributed by atoms with van der Waals surface area (Å²) in [6.07, 6.45) is 0. The Morgan fingerprint density at radius 3 is 2.72 bits per heavy atom. The Hall–Kier alpha value is -1.69. The fourth-order valence-electron chi connectivity index (χ4n) is 1.49. The molecular weight excluding hydrogens is 303 g/mol. The fraction of sp³-hybridized carbons (Fsp3) is 0.167. The highest BCUT2D eigenvalue weighted by Gasteiger charge is 2.20. The molecule has 0 atom stereocenters. The van der Waals surface area contributed by atoms with Gasteiger partial charge >= 0.3 is 0 Å². The smallest absolute Gasteiger partial charge is 0.296 e. The summed E-state index contributed by atoms with van der Waals surface area (Å²) in [7, 11) is 1.48. The van der Waals surface area contributed by atoms with Crippen LogP contribution in [0, 0.1) is 12.7 Å². The molecule has 4 nitrogen and oxygen atoms in total. The minimum absolute atomic E-state index is 0.0809. The molecule has 0 radical (unpaired) electrons. The van der Waals surface area contributed by atoms with Gasteiger partial charge in [0.05, 0.1) is 11.4 Å². The number of aryl methyl sites for hydroxylation is 1. The zero-order valence-electron chi connectivity index (χ0n) is 9.78. The molecule has 6 heteroatoms. The monoisotopic (exact) mass is 312 g/mol. The number of halogens is 2. The Balaban J connectivity index is 2.31. The predicted octanol–water partition coefficient (Wildman–Crippen LogP) is 3.16. The van der Waals surface area contributed by atoms with Crippen LogP contribution in [0.1, 0.15) is 16.2 Å². The summed E-state index contributed by atoms with van der Waals surface area (Å²) in [5.74, 6) is -0.856. The summed E-state index contributed by atoms with van der Waals surface area (Å²) in [6.45, 7) is 1.71. The van der Waals surface area contributed by atoms with Crippen LogP contribution in [0.5, 0.6) is 0 Å². The molecule has 1 heterocycles. The van der Waals surface area contributed by atoms with E-state index < -0.39 is 11.7 Å². The largest absolute Gasteiger partial charge is 0.351 e. The van der Waals surface area contributed by atoms with Crippen LogP contribution in [0.2, 0.25) is 0 Å². The topological polar surface area (TPSA) is 46.3 Å². The summed E-state index contributed by atoms with van der Waals surface area (Å²) in [5, 5.41) is 3.63. The summed E-state index contributed by atoms with van der Waals surface area (Å²) in [4.78, 5) is 13.2. The lowest BCUT2D eigenvalue weighted by atomic mass is 10.2. The predicted molar refractivity (Wildman–Crippen MR) is 68.1 cm³/mol. The molecule has 0 aliphatic heterocycles. The van der Waals surface area contributed by atoms with E-state index >= 15 is 0 Å². The minimum Gasteiger partial charge on any atom is -0.351 e. The Kier molecular flexibility index (Phi) is 3.47. The highest BCUT2D eigenvalue weighted by molar-refractivity contribution is 9.10. The SMILES string of the molecule is Cc1cc(C(=O)N(C)c2ccc(Br)cc2F)on1. The van der Waals surface area contributed by atoms with E-state index in [-0.39, 0.29) is 11.4 Å². The van der Waals surface area contributed by atoms with Crippen molar-refractivity contribution in [1.82, 2.24) is 5.16 Å². The van der Waals surface area contributed by atoms with Gasteiger partial charge in [-0.15, -0.1) is 0 Å². The molecule has 0 aliphatic carbocycles. The van der Waals surface area contributed by atoms with E-state index in [4.69, 9.17) is 4.52 Å². The van der Waals surface area contributed by atoms with Crippen LogP contribution in [0.25, 0.3) is 0 Å². The van der Waals surface area contributed by atoms with Crippen molar-refractivity contribution in [3.8, 4) is 0 Å². The van der Waals surface area contributed by atoms with Crippen molar-refractivity contribution in [3.63, 3.8) is 0 Å². The standard InChI is InChI=1S/C12H10BrFN2O2/c1-7-5-11(18-15-7)12(17)16(2)10-4-3-8(13)6-9(10)14/h3-6H,1-2H3. The van der Waals surface area contributed by atoms with Crippen LogP contribution < -0.4 is 4.90 Å². The highest BCUT2D eigenvalue weighted by atomic mass is 79.9. The van der Waals surface area contributed by atoms with Crippen molar-refractivity contribution >= 4 is 27.5 Å². The molecule has 1 amide bonds. The number of anilines is 1. The van der Waals surface area contributed by atoms with Crippen molar-refractivity contribution in [2.45, 2.75) is 6.92 Å². The fourth-order valence-corrected chi connectivity index (χ4v) is 1.83. The average Bonchev–Trinajstić information content (AvgIpc) is 2.74. The second-order valence-corrected chi connectivity index (χ2v) is 4.71. The van der Waals surface area contributed by atoms with Crippen LogP contribution in [-0.2, 0) is 0 Å². The molecule has 94 valence electrons. The van der Waals surface area contributed by atoms with E-state index in [9.17, 15) is 9.18 Å². The number of benzene rings is 1. The molecule has 18 heavy (non-hydrogen) atoms. The van der Waals surface area contributed by atoms with E-state index in [1.165, 1.54) is 30.1 Å². The van der Waals surface area contributed by atoms with Crippen LogP contribution in [0.3, 0.4) is 0 Å². The van der Waals surface area contributed by atoms with E-state index in [1.54, 1.807) is 13.0 Å². The van der Waals surface area contributed by atoms with E-state index in [2.05, 4.69) is 21.1 Å². The molecule has 0 unspecified atom stereocenters. The number of carbonyl (C=O) groups is 1. The van der Waals surface area contributed by atoms with Gasteiger partial charge in [-0.3, -0.25) is 4.79 Å². The first-order valence-corrected chi connectivity index (χ1v) is 5.95. The van der Waals surface area contributed by atoms with E-state index in [1.807, 2.05) is 0 Å². The maximum Gasteiger partial charge on any atom is 0.296 e. The molecule has 0 spiro atoms. The Morgan fingerprint density at radius 1 is 1.44 bits per heavy atom. The summed E-state index contributed by atoms with van der Waals surface area (Å²) >= 11 is 3.16. The average molecular weight is 313 g/mol. The third-order valence-corrected chi connectivity index (χ3v) is 2.91. The van der Waals surface area contributed by atoms with Gasteiger partial charge in [0.25, 0.3) is 5.91 Å². The maximum absolute atomic E-state index is 13.7. The maximum atomic E-state index is 13.7. The highest BCUT2D eigenvalue weighted by Crippen LogP contribution is 2.23. The molecule has 2 rings (SSSR count). The van der Waals surface area contributed by atoms with Gasteiger partial charge in [-0.2, -0.15) is 0 Å². The molecule has 0 saturated heterocycles. The van der Waals surface area contributed by atoms with Crippen LogP contribution in [-0.4, -0.2) is 18.1 Å². The third-order valence-electron chi connectivity index (χ3n) is 2.41. The summed E-state index contributed by atoms with van der Waals surface area (Å²) < 4.78 is 19.2.